The predicted octanol–water partition coefficient (Wildman–Crippen LogP) is 2.58. The third kappa shape index (κ3) is 4.33. The minimum Gasteiger partial charge on any atom is -0.480 e. The van der Waals surface area contributed by atoms with Crippen molar-refractivity contribution >= 4 is 11.7 Å². The maximum Gasteiger partial charge on any atom is 0.323 e. The summed E-state index contributed by atoms with van der Waals surface area (Å²) in [6.45, 7) is 2.47. The van der Waals surface area contributed by atoms with Gasteiger partial charge in [-0.05, 0) is 30.2 Å². The Morgan fingerprint density at radius 1 is 1.00 bits per heavy atom. The highest BCUT2D eigenvalue weighted by molar-refractivity contribution is 5.73. The number of aliphatic hydroxyl groups excluding tert-OH is 1. The van der Waals surface area contributed by atoms with Crippen LogP contribution in [0.2, 0.25) is 0 Å². The number of aliphatic carboxylic acids is 1. The second-order valence-corrected chi connectivity index (χ2v) is 5.06. The third-order valence-corrected chi connectivity index (χ3v) is 3.30. The lowest BCUT2D eigenvalue weighted by Gasteiger charge is -2.23. The molecule has 0 heterocycles. The highest BCUT2D eigenvalue weighted by Crippen LogP contribution is 2.18. The van der Waals surface area contributed by atoms with E-state index in [0.717, 1.165) is 22.4 Å². The van der Waals surface area contributed by atoms with Gasteiger partial charge in [0.15, 0.2) is 0 Å². The summed E-state index contributed by atoms with van der Waals surface area (Å²) in [4.78, 5) is 12.9. The van der Waals surface area contributed by atoms with Gasteiger partial charge in [-0.1, -0.05) is 42.0 Å². The summed E-state index contributed by atoms with van der Waals surface area (Å²) in [5.41, 5.74) is 3.88. The molecular formula is C17H19NO3. The topological polar surface area (TPSA) is 60.8 Å². The predicted molar refractivity (Wildman–Crippen MR) is 82.2 cm³/mol. The van der Waals surface area contributed by atoms with Gasteiger partial charge in [-0.2, -0.15) is 0 Å². The molecule has 0 aliphatic carbocycles. The summed E-state index contributed by atoms with van der Waals surface area (Å²) in [7, 11) is 0. The number of hydrogen-bond acceptors (Lipinski definition) is 3. The van der Waals surface area contributed by atoms with Crippen LogP contribution in [0, 0.1) is 6.92 Å². The summed E-state index contributed by atoms with van der Waals surface area (Å²) in [5.74, 6) is -0.859. The molecule has 2 aromatic rings. The van der Waals surface area contributed by atoms with Crippen LogP contribution in [0.15, 0.2) is 48.5 Å². The van der Waals surface area contributed by atoms with Crippen molar-refractivity contribution in [2.45, 2.75) is 20.1 Å². The molecule has 0 aliphatic heterocycles. The molecule has 0 aromatic heterocycles. The van der Waals surface area contributed by atoms with Gasteiger partial charge in [0.1, 0.15) is 6.54 Å². The van der Waals surface area contributed by atoms with Gasteiger partial charge in [0, 0.05) is 12.2 Å². The van der Waals surface area contributed by atoms with Crippen molar-refractivity contribution in [3.8, 4) is 0 Å². The Bertz CT molecular complexity index is 590. The molecule has 2 rings (SSSR count). The highest BCUT2D eigenvalue weighted by atomic mass is 16.4. The number of benzene rings is 2. The average molecular weight is 285 g/mol. The maximum absolute atomic E-state index is 11.1. The van der Waals surface area contributed by atoms with E-state index in [1.165, 1.54) is 0 Å². The number of carboxylic acid groups (broad SMARTS) is 1. The minimum absolute atomic E-state index is 0.0110. The second kappa shape index (κ2) is 6.90. The van der Waals surface area contributed by atoms with Crippen molar-refractivity contribution < 1.29 is 15.0 Å². The normalized spacial score (nSPS) is 10.4. The van der Waals surface area contributed by atoms with Gasteiger partial charge in [-0.15, -0.1) is 0 Å². The standard InChI is InChI=1S/C17H19NO3/c1-13-2-8-16(9-3-13)18(11-17(20)21)10-14-4-6-15(12-19)7-5-14/h2-9,19H,10-12H2,1H3,(H,20,21). The lowest BCUT2D eigenvalue weighted by Crippen LogP contribution is -2.29. The Hall–Kier alpha value is -2.33. The lowest BCUT2D eigenvalue weighted by atomic mass is 10.1. The van der Waals surface area contributed by atoms with Crippen molar-refractivity contribution in [2.75, 3.05) is 11.4 Å². The highest BCUT2D eigenvalue weighted by Gasteiger charge is 2.11. The molecule has 2 aromatic carbocycles. The fourth-order valence-electron chi connectivity index (χ4n) is 2.13. The summed E-state index contributed by atoms with van der Waals surface area (Å²) >= 11 is 0. The van der Waals surface area contributed by atoms with E-state index in [4.69, 9.17) is 10.2 Å². The number of aryl methyl sites for hydroxylation is 1. The molecule has 0 spiro atoms. The molecule has 0 saturated carbocycles. The molecule has 21 heavy (non-hydrogen) atoms. The average Bonchev–Trinajstić information content (AvgIpc) is 2.48. The summed E-state index contributed by atoms with van der Waals surface area (Å²) in [6.07, 6.45) is 0. The first-order chi connectivity index (χ1) is 10.1. The molecule has 0 amide bonds. The van der Waals surface area contributed by atoms with Crippen LogP contribution in [0.25, 0.3) is 0 Å². The van der Waals surface area contributed by atoms with E-state index in [-0.39, 0.29) is 13.2 Å². The van der Waals surface area contributed by atoms with Crippen molar-refractivity contribution in [1.82, 2.24) is 0 Å². The van der Waals surface area contributed by atoms with Gasteiger partial charge >= 0.3 is 5.97 Å². The first-order valence-corrected chi connectivity index (χ1v) is 6.80. The van der Waals surface area contributed by atoms with Crippen LogP contribution in [0.3, 0.4) is 0 Å². The van der Waals surface area contributed by atoms with E-state index >= 15 is 0 Å². The molecule has 4 nitrogen and oxygen atoms in total. The molecule has 2 N–H and O–H groups in total. The fourth-order valence-corrected chi connectivity index (χ4v) is 2.13. The van der Waals surface area contributed by atoms with E-state index < -0.39 is 5.97 Å². The van der Waals surface area contributed by atoms with Gasteiger partial charge in [0.2, 0.25) is 0 Å². The third-order valence-electron chi connectivity index (χ3n) is 3.30. The Kier molecular flexibility index (Phi) is 4.95. The van der Waals surface area contributed by atoms with E-state index in [9.17, 15) is 4.79 Å². The molecule has 0 saturated heterocycles. The first-order valence-electron chi connectivity index (χ1n) is 6.80. The van der Waals surface area contributed by atoms with Crippen LogP contribution in [0.1, 0.15) is 16.7 Å². The van der Waals surface area contributed by atoms with Crippen LogP contribution in [-0.2, 0) is 17.9 Å². The number of carbonyl (C=O) groups is 1. The van der Waals surface area contributed by atoms with Gasteiger partial charge in [-0.3, -0.25) is 4.79 Å². The van der Waals surface area contributed by atoms with Crippen molar-refractivity contribution in [3.63, 3.8) is 0 Å². The molecule has 110 valence electrons. The Morgan fingerprint density at radius 3 is 2.10 bits per heavy atom. The molecule has 0 unspecified atom stereocenters. The van der Waals surface area contributed by atoms with Crippen LogP contribution in [0.5, 0.6) is 0 Å². The van der Waals surface area contributed by atoms with Gasteiger partial charge < -0.3 is 15.1 Å². The second-order valence-electron chi connectivity index (χ2n) is 5.06. The van der Waals surface area contributed by atoms with E-state index in [0.29, 0.717) is 6.54 Å². The molecule has 0 fully saturated rings. The SMILES string of the molecule is Cc1ccc(N(CC(=O)O)Cc2ccc(CO)cc2)cc1. The lowest BCUT2D eigenvalue weighted by molar-refractivity contribution is -0.135. The fraction of sp³-hybridized carbons (Fsp3) is 0.235. The Balaban J connectivity index is 2.19. The Morgan fingerprint density at radius 2 is 1.57 bits per heavy atom. The zero-order valence-corrected chi connectivity index (χ0v) is 12.0. The summed E-state index contributed by atoms with van der Waals surface area (Å²) < 4.78 is 0. The van der Waals surface area contributed by atoms with Crippen molar-refractivity contribution in [2.24, 2.45) is 0 Å². The zero-order valence-electron chi connectivity index (χ0n) is 12.0. The number of hydrogen-bond donors (Lipinski definition) is 2. The minimum atomic E-state index is -0.859. The van der Waals surface area contributed by atoms with E-state index in [2.05, 4.69) is 0 Å². The number of carboxylic acids is 1. The number of nitrogens with zero attached hydrogens (tertiary/aromatic N) is 1. The molecular weight excluding hydrogens is 266 g/mol. The largest absolute Gasteiger partial charge is 0.480 e. The van der Waals surface area contributed by atoms with Crippen LogP contribution >= 0.6 is 0 Å². The molecule has 4 heteroatoms. The van der Waals surface area contributed by atoms with Gasteiger partial charge in [0.25, 0.3) is 0 Å². The number of anilines is 1. The first kappa shape index (κ1) is 15.1. The van der Waals surface area contributed by atoms with Crippen LogP contribution in [0.4, 0.5) is 5.69 Å². The van der Waals surface area contributed by atoms with Crippen molar-refractivity contribution in [1.29, 1.82) is 0 Å². The smallest absolute Gasteiger partial charge is 0.323 e. The maximum atomic E-state index is 11.1. The van der Waals surface area contributed by atoms with Gasteiger partial charge in [0.05, 0.1) is 6.61 Å². The summed E-state index contributed by atoms with van der Waals surface area (Å²) in [5, 5.41) is 18.1. The van der Waals surface area contributed by atoms with E-state index in [1.54, 1.807) is 0 Å². The van der Waals surface area contributed by atoms with Crippen molar-refractivity contribution in [3.05, 3.63) is 65.2 Å². The quantitative estimate of drug-likeness (QED) is 0.856. The molecule has 0 radical (unpaired) electrons. The van der Waals surface area contributed by atoms with Crippen LogP contribution in [-0.4, -0.2) is 22.7 Å². The monoisotopic (exact) mass is 285 g/mol. The van der Waals surface area contributed by atoms with E-state index in [1.807, 2.05) is 60.4 Å². The number of rotatable bonds is 6. The summed E-state index contributed by atoms with van der Waals surface area (Å²) in [6, 6.07) is 15.3. The van der Waals surface area contributed by atoms with Crippen LogP contribution < -0.4 is 4.90 Å². The molecule has 0 bridgehead atoms. The Labute approximate surface area is 124 Å². The molecule has 0 atom stereocenters. The van der Waals surface area contributed by atoms with Gasteiger partial charge in [-0.25, -0.2) is 0 Å². The molecule has 0 aliphatic rings. The zero-order chi connectivity index (χ0) is 15.2. The number of aliphatic hydroxyl groups is 1.